The smallest absolute Gasteiger partial charge is 0.338 e. The molecule has 0 saturated carbocycles. The van der Waals surface area contributed by atoms with Crippen molar-refractivity contribution < 1.29 is 14.3 Å². The lowest BCUT2D eigenvalue weighted by molar-refractivity contribution is 0.00237. The average Bonchev–Trinajstić information content (AvgIpc) is 2.60. The monoisotopic (exact) mass is 334 g/mol. The van der Waals surface area contributed by atoms with E-state index in [4.69, 9.17) is 9.47 Å². The minimum Gasteiger partial charge on any atom is -0.456 e. The number of rotatable bonds is 13. The molecule has 3 heteroatoms. The molecule has 0 radical (unpaired) electrons. The fraction of sp³-hybridized carbons (Fsp3) is 0.667. The van der Waals surface area contributed by atoms with Gasteiger partial charge in [-0.25, -0.2) is 4.79 Å². The van der Waals surface area contributed by atoms with Crippen molar-refractivity contribution in [2.75, 3.05) is 13.7 Å². The Hall–Kier alpha value is -1.35. The molecule has 0 aliphatic heterocycles. The highest BCUT2D eigenvalue weighted by molar-refractivity contribution is 5.89. The Kier molecular flexibility index (Phi) is 11.2. The van der Waals surface area contributed by atoms with E-state index in [1.54, 1.807) is 7.11 Å². The molecule has 1 rings (SSSR count). The summed E-state index contributed by atoms with van der Waals surface area (Å²) in [5.74, 6) is -0.243. The van der Waals surface area contributed by atoms with E-state index in [9.17, 15) is 4.79 Å². The van der Waals surface area contributed by atoms with Crippen LogP contribution in [0.25, 0.3) is 0 Å². The summed E-state index contributed by atoms with van der Waals surface area (Å²) >= 11 is 0. The number of unbranched alkanes of at least 4 members (excludes halogenated alkanes) is 5. The van der Waals surface area contributed by atoms with Crippen LogP contribution in [0.3, 0.4) is 0 Å². The highest BCUT2D eigenvalue weighted by Gasteiger charge is 2.15. The van der Waals surface area contributed by atoms with E-state index in [-0.39, 0.29) is 12.1 Å². The number of carbonyl (C=O) groups is 1. The van der Waals surface area contributed by atoms with Gasteiger partial charge < -0.3 is 9.47 Å². The first-order valence-corrected chi connectivity index (χ1v) is 9.50. The lowest BCUT2D eigenvalue weighted by Gasteiger charge is -2.17. The number of methoxy groups -OCH3 is 1. The van der Waals surface area contributed by atoms with Crippen molar-refractivity contribution in [3.05, 3.63) is 35.4 Å². The fourth-order valence-corrected chi connectivity index (χ4v) is 2.75. The van der Waals surface area contributed by atoms with Gasteiger partial charge in [0.25, 0.3) is 0 Å². The lowest BCUT2D eigenvalue weighted by Crippen LogP contribution is -2.23. The minimum absolute atomic E-state index is 0.149. The zero-order chi connectivity index (χ0) is 17.6. The fourth-order valence-electron chi connectivity index (χ4n) is 2.75. The van der Waals surface area contributed by atoms with Crippen LogP contribution < -0.4 is 0 Å². The quantitative estimate of drug-likeness (QED) is 0.350. The van der Waals surface area contributed by atoms with Crippen LogP contribution in [0.2, 0.25) is 0 Å². The van der Waals surface area contributed by atoms with Gasteiger partial charge >= 0.3 is 5.97 Å². The molecule has 0 aliphatic carbocycles. The summed E-state index contributed by atoms with van der Waals surface area (Å²) in [7, 11) is 1.65. The largest absolute Gasteiger partial charge is 0.456 e. The Bertz CT molecular complexity index is 439. The summed E-state index contributed by atoms with van der Waals surface area (Å²) in [6.45, 7) is 4.86. The highest BCUT2D eigenvalue weighted by Crippen LogP contribution is 2.14. The van der Waals surface area contributed by atoms with Crippen molar-refractivity contribution >= 4 is 5.97 Å². The third-order valence-corrected chi connectivity index (χ3v) is 4.26. The molecule has 24 heavy (non-hydrogen) atoms. The SMILES string of the molecule is CCCCCCCC(COC)OC(=O)c1ccc(CCCC)cc1. The van der Waals surface area contributed by atoms with Crippen molar-refractivity contribution in [1.29, 1.82) is 0 Å². The zero-order valence-corrected chi connectivity index (χ0v) is 15.7. The van der Waals surface area contributed by atoms with Gasteiger partial charge in [0.05, 0.1) is 12.2 Å². The van der Waals surface area contributed by atoms with Crippen molar-refractivity contribution in [3.8, 4) is 0 Å². The number of carbonyl (C=O) groups excluding carboxylic acids is 1. The number of benzene rings is 1. The Labute approximate surface area is 147 Å². The molecule has 0 N–H and O–H groups in total. The number of esters is 1. The van der Waals surface area contributed by atoms with Crippen molar-refractivity contribution in [2.24, 2.45) is 0 Å². The standard InChI is InChI=1S/C21H34O3/c1-4-6-8-9-10-12-20(17-23-3)24-21(22)19-15-13-18(14-16-19)11-7-5-2/h13-16,20H,4-12,17H2,1-3H3. The second-order valence-corrected chi connectivity index (χ2v) is 6.49. The van der Waals surface area contributed by atoms with Gasteiger partial charge in [0.2, 0.25) is 0 Å². The Morgan fingerprint density at radius 3 is 2.25 bits per heavy atom. The predicted molar refractivity (Wildman–Crippen MR) is 99.5 cm³/mol. The first-order valence-electron chi connectivity index (χ1n) is 9.50. The molecule has 3 nitrogen and oxygen atoms in total. The molecular weight excluding hydrogens is 300 g/mol. The van der Waals surface area contributed by atoms with Gasteiger partial charge in [0.15, 0.2) is 0 Å². The van der Waals surface area contributed by atoms with Crippen LogP contribution in [-0.4, -0.2) is 25.8 Å². The third-order valence-electron chi connectivity index (χ3n) is 4.26. The van der Waals surface area contributed by atoms with Gasteiger partial charge in [-0.2, -0.15) is 0 Å². The molecule has 136 valence electrons. The lowest BCUT2D eigenvalue weighted by atomic mass is 10.1. The van der Waals surface area contributed by atoms with E-state index < -0.39 is 0 Å². The van der Waals surface area contributed by atoms with Gasteiger partial charge in [0.1, 0.15) is 6.10 Å². The summed E-state index contributed by atoms with van der Waals surface area (Å²) in [4.78, 5) is 12.3. The molecule has 0 amide bonds. The molecule has 1 aromatic rings. The minimum atomic E-state index is -0.243. The molecule has 0 fully saturated rings. The van der Waals surface area contributed by atoms with Gasteiger partial charge in [-0.1, -0.05) is 58.1 Å². The summed E-state index contributed by atoms with van der Waals surface area (Å²) < 4.78 is 10.8. The number of hydrogen-bond acceptors (Lipinski definition) is 3. The van der Waals surface area contributed by atoms with E-state index in [0.29, 0.717) is 12.2 Å². The topological polar surface area (TPSA) is 35.5 Å². The van der Waals surface area contributed by atoms with Crippen LogP contribution in [0.1, 0.15) is 81.1 Å². The first-order chi connectivity index (χ1) is 11.7. The molecule has 1 unspecified atom stereocenters. The molecule has 0 bridgehead atoms. The molecule has 0 heterocycles. The maximum absolute atomic E-state index is 12.3. The average molecular weight is 335 g/mol. The van der Waals surface area contributed by atoms with Crippen LogP contribution in [-0.2, 0) is 15.9 Å². The molecule has 0 saturated heterocycles. The van der Waals surface area contributed by atoms with Crippen LogP contribution in [0, 0.1) is 0 Å². The van der Waals surface area contributed by atoms with Crippen molar-refractivity contribution in [2.45, 2.75) is 77.7 Å². The maximum atomic E-state index is 12.3. The van der Waals surface area contributed by atoms with Crippen LogP contribution in [0.5, 0.6) is 0 Å². The van der Waals surface area contributed by atoms with Crippen LogP contribution in [0.4, 0.5) is 0 Å². The van der Waals surface area contributed by atoms with Gasteiger partial charge in [-0.05, 0) is 43.4 Å². The molecule has 1 atom stereocenters. The summed E-state index contributed by atoms with van der Waals surface area (Å²) in [6, 6.07) is 7.81. The molecule has 0 spiro atoms. The number of hydrogen-bond donors (Lipinski definition) is 0. The van der Waals surface area contributed by atoms with E-state index in [1.807, 2.05) is 24.3 Å². The Morgan fingerprint density at radius 2 is 1.62 bits per heavy atom. The third kappa shape index (κ3) is 8.49. The summed E-state index contributed by atoms with van der Waals surface area (Å²) in [6.07, 6.45) is 10.2. The molecule has 1 aromatic carbocycles. The summed E-state index contributed by atoms with van der Waals surface area (Å²) in [5, 5.41) is 0. The van der Waals surface area contributed by atoms with Crippen LogP contribution in [0.15, 0.2) is 24.3 Å². The number of aryl methyl sites for hydroxylation is 1. The second-order valence-electron chi connectivity index (χ2n) is 6.49. The first kappa shape index (κ1) is 20.7. The van der Waals surface area contributed by atoms with Gasteiger partial charge in [-0.3, -0.25) is 0 Å². The molecule has 0 aliphatic rings. The van der Waals surface area contributed by atoms with Crippen molar-refractivity contribution in [3.63, 3.8) is 0 Å². The normalized spacial score (nSPS) is 12.1. The van der Waals surface area contributed by atoms with Crippen molar-refractivity contribution in [1.82, 2.24) is 0 Å². The van der Waals surface area contributed by atoms with E-state index in [0.717, 1.165) is 19.3 Å². The molecular formula is C21H34O3. The maximum Gasteiger partial charge on any atom is 0.338 e. The Morgan fingerprint density at radius 1 is 0.958 bits per heavy atom. The van der Waals surface area contributed by atoms with Crippen LogP contribution >= 0.6 is 0 Å². The predicted octanol–water partition coefficient (Wildman–Crippen LogP) is 5.56. The molecule has 0 aromatic heterocycles. The van der Waals surface area contributed by atoms with E-state index in [1.165, 1.54) is 44.1 Å². The zero-order valence-electron chi connectivity index (χ0n) is 15.7. The second kappa shape index (κ2) is 13.0. The van der Waals surface area contributed by atoms with Gasteiger partial charge in [0, 0.05) is 7.11 Å². The Balaban J connectivity index is 2.45. The van der Waals surface area contributed by atoms with Gasteiger partial charge in [-0.15, -0.1) is 0 Å². The van der Waals surface area contributed by atoms with E-state index >= 15 is 0 Å². The summed E-state index contributed by atoms with van der Waals surface area (Å²) in [5.41, 5.74) is 1.90. The number of ether oxygens (including phenoxy) is 2. The highest BCUT2D eigenvalue weighted by atomic mass is 16.6. The van der Waals surface area contributed by atoms with E-state index in [2.05, 4.69) is 13.8 Å².